The van der Waals surface area contributed by atoms with Crippen molar-refractivity contribution < 1.29 is 19.4 Å². The zero-order chi connectivity index (χ0) is 17.9. The lowest BCUT2D eigenvalue weighted by Gasteiger charge is -2.03. The van der Waals surface area contributed by atoms with Crippen molar-refractivity contribution in [1.29, 1.82) is 0 Å². The molecule has 0 spiro atoms. The van der Waals surface area contributed by atoms with Crippen molar-refractivity contribution in [2.45, 2.75) is 78.1 Å². The second kappa shape index (κ2) is 18.5. The van der Waals surface area contributed by atoms with Crippen molar-refractivity contribution in [2.24, 2.45) is 0 Å². The van der Waals surface area contributed by atoms with Gasteiger partial charge in [-0.2, -0.15) is 0 Å². The summed E-state index contributed by atoms with van der Waals surface area (Å²) in [7, 11) is 0. The second-order valence-electron chi connectivity index (χ2n) is 5.64. The van der Waals surface area contributed by atoms with E-state index in [0.29, 0.717) is 6.61 Å². The van der Waals surface area contributed by atoms with Crippen molar-refractivity contribution in [1.82, 2.24) is 0 Å². The highest BCUT2D eigenvalue weighted by atomic mass is 16.5. The van der Waals surface area contributed by atoms with Crippen molar-refractivity contribution in [3.05, 3.63) is 24.8 Å². The number of carboxylic acid groups (broad SMARTS) is 1. The lowest BCUT2D eigenvalue weighted by Crippen LogP contribution is -2.01. The standard InChI is InChI=1S/C15H28O2.C4H6O2/c1-3-5-6-7-8-9-10-11-12-13-14-17-15(16)4-2;1-3(2)4(5)6/h4H,2-3,5-14H2,1H3;1H2,2H3,(H,5,6). The fourth-order valence-corrected chi connectivity index (χ4v) is 1.82. The molecule has 0 unspecified atom stereocenters. The average molecular weight is 326 g/mol. The molecular formula is C19H34O4. The normalized spacial score (nSPS) is 9.48. The van der Waals surface area contributed by atoms with E-state index in [9.17, 15) is 9.59 Å². The van der Waals surface area contributed by atoms with E-state index >= 15 is 0 Å². The van der Waals surface area contributed by atoms with Crippen LogP contribution in [0.1, 0.15) is 78.1 Å². The minimum absolute atomic E-state index is 0.176. The molecule has 0 fully saturated rings. The molecule has 0 saturated heterocycles. The number of rotatable bonds is 13. The first-order valence-corrected chi connectivity index (χ1v) is 8.63. The molecule has 0 amide bonds. The summed E-state index contributed by atoms with van der Waals surface area (Å²) < 4.78 is 4.91. The average Bonchev–Trinajstić information content (AvgIpc) is 2.52. The molecule has 4 heteroatoms. The first-order chi connectivity index (χ1) is 11.0. The van der Waals surface area contributed by atoms with E-state index in [0.717, 1.165) is 6.42 Å². The highest BCUT2D eigenvalue weighted by Gasteiger charge is 1.95. The van der Waals surface area contributed by atoms with Crippen LogP contribution in [0.2, 0.25) is 0 Å². The predicted molar refractivity (Wildman–Crippen MR) is 95.4 cm³/mol. The van der Waals surface area contributed by atoms with Crippen LogP contribution in [-0.2, 0) is 14.3 Å². The minimum atomic E-state index is -0.935. The van der Waals surface area contributed by atoms with E-state index in [1.807, 2.05) is 0 Å². The molecule has 0 saturated carbocycles. The van der Waals surface area contributed by atoms with Crippen LogP contribution in [0.3, 0.4) is 0 Å². The summed E-state index contributed by atoms with van der Waals surface area (Å²) >= 11 is 0. The molecule has 0 radical (unpaired) electrons. The van der Waals surface area contributed by atoms with Crippen LogP contribution >= 0.6 is 0 Å². The highest BCUT2D eigenvalue weighted by molar-refractivity contribution is 5.84. The number of ether oxygens (including phenoxy) is 1. The number of carbonyl (C=O) groups is 2. The predicted octanol–water partition coefficient (Wildman–Crippen LogP) is 5.28. The van der Waals surface area contributed by atoms with Crippen molar-refractivity contribution in [2.75, 3.05) is 6.61 Å². The first-order valence-electron chi connectivity index (χ1n) is 8.63. The van der Waals surface area contributed by atoms with Gasteiger partial charge in [-0.1, -0.05) is 77.9 Å². The van der Waals surface area contributed by atoms with Gasteiger partial charge in [0.2, 0.25) is 0 Å². The summed E-state index contributed by atoms with van der Waals surface area (Å²) in [5.41, 5.74) is 0.176. The van der Waals surface area contributed by atoms with Crippen LogP contribution in [-0.4, -0.2) is 23.7 Å². The summed E-state index contributed by atoms with van der Waals surface area (Å²) in [4.78, 5) is 20.3. The zero-order valence-corrected chi connectivity index (χ0v) is 14.9. The number of unbranched alkanes of at least 4 members (excludes halogenated alkanes) is 9. The van der Waals surface area contributed by atoms with E-state index in [2.05, 4.69) is 20.1 Å². The van der Waals surface area contributed by atoms with Crippen molar-refractivity contribution in [3.8, 4) is 0 Å². The molecule has 0 atom stereocenters. The number of hydrogen-bond acceptors (Lipinski definition) is 3. The monoisotopic (exact) mass is 326 g/mol. The number of carboxylic acids is 1. The van der Waals surface area contributed by atoms with Crippen LogP contribution in [0.5, 0.6) is 0 Å². The maximum Gasteiger partial charge on any atom is 0.330 e. The van der Waals surface area contributed by atoms with Crippen LogP contribution in [0.15, 0.2) is 24.8 Å². The number of carbonyl (C=O) groups excluding carboxylic acids is 1. The summed E-state index contributed by atoms with van der Waals surface area (Å²) in [6.07, 6.45) is 14.2. The van der Waals surface area contributed by atoms with Gasteiger partial charge in [-0.05, 0) is 13.3 Å². The summed E-state index contributed by atoms with van der Waals surface area (Å²) in [6, 6.07) is 0. The number of esters is 1. The largest absolute Gasteiger partial charge is 0.478 e. The first kappa shape index (κ1) is 23.7. The van der Waals surface area contributed by atoms with Crippen LogP contribution < -0.4 is 0 Å². The third-order valence-electron chi connectivity index (χ3n) is 3.27. The molecule has 0 aliphatic rings. The Morgan fingerprint density at radius 1 is 0.957 bits per heavy atom. The van der Waals surface area contributed by atoms with Gasteiger partial charge in [-0.3, -0.25) is 0 Å². The Morgan fingerprint density at radius 3 is 1.70 bits per heavy atom. The quantitative estimate of drug-likeness (QED) is 0.284. The SMILES string of the molecule is C=C(C)C(=O)O.C=CC(=O)OCCCCCCCCCCCC. The van der Waals surface area contributed by atoms with Gasteiger partial charge in [-0.25, -0.2) is 9.59 Å². The fourth-order valence-electron chi connectivity index (χ4n) is 1.82. The molecule has 0 aliphatic heterocycles. The van der Waals surface area contributed by atoms with Gasteiger partial charge in [-0.15, -0.1) is 0 Å². The van der Waals surface area contributed by atoms with E-state index in [1.165, 1.54) is 70.8 Å². The number of aliphatic carboxylic acids is 1. The lowest BCUT2D eigenvalue weighted by molar-refractivity contribution is -0.138. The Balaban J connectivity index is 0. The molecule has 0 heterocycles. The van der Waals surface area contributed by atoms with Gasteiger partial charge in [0.15, 0.2) is 0 Å². The van der Waals surface area contributed by atoms with Gasteiger partial charge < -0.3 is 9.84 Å². The Morgan fingerprint density at radius 2 is 1.35 bits per heavy atom. The fraction of sp³-hybridized carbons (Fsp3) is 0.684. The van der Waals surface area contributed by atoms with Gasteiger partial charge >= 0.3 is 11.9 Å². The molecule has 0 aliphatic carbocycles. The highest BCUT2D eigenvalue weighted by Crippen LogP contribution is 2.10. The molecule has 134 valence electrons. The van der Waals surface area contributed by atoms with Gasteiger partial charge in [0, 0.05) is 11.6 Å². The second-order valence-corrected chi connectivity index (χ2v) is 5.64. The Bertz CT molecular complexity index is 322. The summed E-state index contributed by atoms with van der Waals surface area (Å²) in [5.74, 6) is -1.24. The summed E-state index contributed by atoms with van der Waals surface area (Å²) in [5, 5.41) is 7.89. The van der Waals surface area contributed by atoms with Crippen molar-refractivity contribution in [3.63, 3.8) is 0 Å². The molecule has 0 bridgehead atoms. The smallest absolute Gasteiger partial charge is 0.330 e. The zero-order valence-electron chi connectivity index (χ0n) is 14.9. The minimum Gasteiger partial charge on any atom is -0.478 e. The molecule has 4 nitrogen and oxygen atoms in total. The van der Waals surface area contributed by atoms with Crippen molar-refractivity contribution >= 4 is 11.9 Å². The molecular weight excluding hydrogens is 292 g/mol. The molecule has 23 heavy (non-hydrogen) atoms. The molecule has 0 aromatic heterocycles. The Labute approximate surface area is 141 Å². The molecule has 0 rings (SSSR count). The molecule has 0 aromatic carbocycles. The third kappa shape index (κ3) is 22.8. The Kier molecular flexibility index (Phi) is 19.0. The summed E-state index contributed by atoms with van der Waals surface area (Å²) in [6.45, 7) is 10.8. The van der Waals surface area contributed by atoms with Gasteiger partial charge in [0.1, 0.15) is 0 Å². The lowest BCUT2D eigenvalue weighted by atomic mass is 10.1. The van der Waals surface area contributed by atoms with E-state index in [-0.39, 0.29) is 11.5 Å². The molecule has 0 aromatic rings. The number of hydrogen-bond donors (Lipinski definition) is 1. The maximum atomic E-state index is 10.7. The van der Waals surface area contributed by atoms with Crippen LogP contribution in [0.4, 0.5) is 0 Å². The van der Waals surface area contributed by atoms with E-state index in [1.54, 1.807) is 0 Å². The van der Waals surface area contributed by atoms with Gasteiger partial charge in [0.25, 0.3) is 0 Å². The molecule has 1 N–H and O–H groups in total. The van der Waals surface area contributed by atoms with E-state index < -0.39 is 5.97 Å². The topological polar surface area (TPSA) is 63.6 Å². The van der Waals surface area contributed by atoms with Crippen LogP contribution in [0, 0.1) is 0 Å². The van der Waals surface area contributed by atoms with Gasteiger partial charge in [0.05, 0.1) is 6.61 Å². The Hall–Kier alpha value is -1.58. The maximum absolute atomic E-state index is 10.7. The van der Waals surface area contributed by atoms with E-state index in [4.69, 9.17) is 9.84 Å². The van der Waals surface area contributed by atoms with Crippen LogP contribution in [0.25, 0.3) is 0 Å². The third-order valence-corrected chi connectivity index (χ3v) is 3.27.